The van der Waals surface area contributed by atoms with Gasteiger partial charge in [-0.3, -0.25) is 4.79 Å². The lowest BCUT2D eigenvalue weighted by Gasteiger charge is -2.37. The summed E-state index contributed by atoms with van der Waals surface area (Å²) in [7, 11) is 0. The van der Waals surface area contributed by atoms with Crippen molar-refractivity contribution in [1.29, 1.82) is 0 Å². The highest BCUT2D eigenvalue weighted by Gasteiger charge is 2.31. The summed E-state index contributed by atoms with van der Waals surface area (Å²) in [6.45, 7) is 7.44. The minimum absolute atomic E-state index is 0. The Morgan fingerprint density at radius 1 is 1.45 bits per heavy atom. The smallest absolute Gasteiger partial charge is 0.266 e. The number of carbonyl (C=O) groups is 1. The van der Waals surface area contributed by atoms with E-state index in [9.17, 15) is 4.79 Å². The number of hydrogen-bond donors (Lipinski definition) is 1. The molecular formula is C13H23Cl2N3OS. The first-order valence-corrected chi connectivity index (χ1v) is 7.29. The molecule has 2 unspecified atom stereocenters. The largest absolute Gasteiger partial charge is 0.334 e. The Morgan fingerprint density at radius 2 is 2.10 bits per heavy atom. The van der Waals surface area contributed by atoms with Crippen molar-refractivity contribution in [2.45, 2.75) is 39.7 Å². The second-order valence-electron chi connectivity index (χ2n) is 5.17. The van der Waals surface area contributed by atoms with Gasteiger partial charge in [-0.05, 0) is 32.6 Å². The van der Waals surface area contributed by atoms with Gasteiger partial charge in [0.25, 0.3) is 5.91 Å². The molecule has 1 fully saturated rings. The van der Waals surface area contributed by atoms with Crippen molar-refractivity contribution >= 4 is 42.1 Å². The summed E-state index contributed by atoms with van der Waals surface area (Å²) in [6.07, 6.45) is 2.08. The van der Waals surface area contributed by atoms with Gasteiger partial charge >= 0.3 is 0 Å². The van der Waals surface area contributed by atoms with Crippen molar-refractivity contribution in [3.63, 3.8) is 0 Å². The molecular weight excluding hydrogens is 317 g/mol. The Balaban J connectivity index is 0.00000180. The van der Waals surface area contributed by atoms with E-state index in [1.165, 1.54) is 11.3 Å². The minimum Gasteiger partial charge on any atom is -0.334 e. The molecule has 1 saturated heterocycles. The van der Waals surface area contributed by atoms with E-state index in [2.05, 4.69) is 11.9 Å². The molecule has 0 saturated carbocycles. The average molecular weight is 340 g/mol. The molecule has 20 heavy (non-hydrogen) atoms. The maximum Gasteiger partial charge on any atom is 0.266 e. The van der Waals surface area contributed by atoms with Crippen LogP contribution in [0.25, 0.3) is 0 Å². The van der Waals surface area contributed by atoms with E-state index in [-0.39, 0.29) is 36.8 Å². The molecule has 1 aromatic rings. The van der Waals surface area contributed by atoms with Crippen LogP contribution < -0.4 is 5.73 Å². The zero-order valence-electron chi connectivity index (χ0n) is 12.1. The van der Waals surface area contributed by atoms with Gasteiger partial charge in [-0.2, -0.15) is 0 Å². The molecule has 1 aliphatic rings. The number of nitrogens with zero attached hydrogens (tertiary/aromatic N) is 2. The van der Waals surface area contributed by atoms with E-state index >= 15 is 0 Å². The van der Waals surface area contributed by atoms with E-state index in [1.807, 2.05) is 18.7 Å². The highest BCUT2D eigenvalue weighted by atomic mass is 35.5. The Labute approximate surface area is 137 Å². The molecule has 2 rings (SSSR count). The van der Waals surface area contributed by atoms with Crippen molar-refractivity contribution in [2.24, 2.45) is 11.7 Å². The molecule has 4 nitrogen and oxygen atoms in total. The molecule has 2 heterocycles. The Hall–Kier alpha value is -0.360. The van der Waals surface area contributed by atoms with E-state index in [0.29, 0.717) is 12.5 Å². The molecule has 1 aromatic heterocycles. The molecule has 2 N–H and O–H groups in total. The van der Waals surface area contributed by atoms with Gasteiger partial charge in [-0.1, -0.05) is 6.92 Å². The van der Waals surface area contributed by atoms with Crippen LogP contribution >= 0.6 is 36.2 Å². The predicted molar refractivity (Wildman–Crippen MR) is 88.4 cm³/mol. The third-order valence-electron chi connectivity index (χ3n) is 3.61. The van der Waals surface area contributed by atoms with Crippen molar-refractivity contribution in [1.82, 2.24) is 9.88 Å². The fraction of sp³-hybridized carbons (Fsp3) is 0.692. The molecule has 1 amide bonds. The number of amides is 1. The van der Waals surface area contributed by atoms with E-state index in [4.69, 9.17) is 5.73 Å². The molecule has 116 valence electrons. The van der Waals surface area contributed by atoms with Crippen molar-refractivity contribution in [2.75, 3.05) is 13.1 Å². The van der Waals surface area contributed by atoms with Gasteiger partial charge in [0.05, 0.1) is 10.7 Å². The second kappa shape index (κ2) is 8.17. The van der Waals surface area contributed by atoms with Gasteiger partial charge in [0, 0.05) is 19.1 Å². The number of likely N-dealkylation sites (tertiary alicyclic amines) is 1. The molecule has 0 spiro atoms. The highest BCUT2D eigenvalue weighted by molar-refractivity contribution is 7.13. The van der Waals surface area contributed by atoms with Gasteiger partial charge < -0.3 is 10.6 Å². The van der Waals surface area contributed by atoms with Crippen LogP contribution in [-0.4, -0.2) is 34.9 Å². The monoisotopic (exact) mass is 339 g/mol. The standard InChI is InChI=1S/C13H21N3OS.2ClH/c1-8-4-5-16(11(6-8)7-14)13(17)12-9(2)15-10(3)18-12;;/h8,11H,4-7,14H2,1-3H3;2*1H. The first-order valence-electron chi connectivity index (χ1n) is 6.48. The Bertz CT molecular complexity index is 453. The quantitative estimate of drug-likeness (QED) is 0.901. The number of piperidine rings is 1. The molecule has 0 bridgehead atoms. The van der Waals surface area contributed by atoms with Crippen molar-refractivity contribution in [3.05, 3.63) is 15.6 Å². The predicted octanol–water partition coefficient (Wildman–Crippen LogP) is 2.80. The fourth-order valence-electron chi connectivity index (χ4n) is 2.60. The minimum atomic E-state index is 0. The summed E-state index contributed by atoms with van der Waals surface area (Å²) < 4.78 is 0. The van der Waals surface area contributed by atoms with Crippen LogP contribution in [0.15, 0.2) is 0 Å². The number of halogens is 2. The number of nitrogens with two attached hydrogens (primary N) is 1. The summed E-state index contributed by atoms with van der Waals surface area (Å²) in [6, 6.07) is 0.183. The lowest BCUT2D eigenvalue weighted by Crippen LogP contribution is -2.49. The first-order chi connectivity index (χ1) is 8.52. The van der Waals surface area contributed by atoms with Crippen LogP contribution in [0.3, 0.4) is 0 Å². The number of aryl methyl sites for hydroxylation is 2. The second-order valence-corrected chi connectivity index (χ2v) is 6.37. The Morgan fingerprint density at radius 3 is 2.60 bits per heavy atom. The maximum atomic E-state index is 12.6. The molecule has 2 atom stereocenters. The van der Waals surface area contributed by atoms with Gasteiger partial charge in [-0.15, -0.1) is 36.2 Å². The lowest BCUT2D eigenvalue weighted by atomic mass is 9.92. The topological polar surface area (TPSA) is 59.2 Å². The maximum absolute atomic E-state index is 12.6. The number of carbonyl (C=O) groups excluding carboxylic acids is 1. The number of thiazole rings is 1. The summed E-state index contributed by atoms with van der Waals surface area (Å²) in [5, 5.41) is 0.950. The first kappa shape index (κ1) is 19.6. The third kappa shape index (κ3) is 4.07. The molecule has 0 aromatic carbocycles. The van der Waals surface area contributed by atoms with Crippen molar-refractivity contribution < 1.29 is 4.79 Å². The van der Waals surface area contributed by atoms with Crippen LogP contribution in [0.1, 0.15) is 40.1 Å². The van der Waals surface area contributed by atoms with Gasteiger partial charge in [0.15, 0.2) is 0 Å². The summed E-state index contributed by atoms with van der Waals surface area (Å²) in [5.41, 5.74) is 6.65. The van der Waals surface area contributed by atoms with Crippen LogP contribution in [0.2, 0.25) is 0 Å². The van der Waals surface area contributed by atoms with Crippen LogP contribution in [0.4, 0.5) is 0 Å². The highest BCUT2D eigenvalue weighted by Crippen LogP contribution is 2.26. The Kier molecular flexibility index (Phi) is 8.03. The lowest BCUT2D eigenvalue weighted by molar-refractivity contribution is 0.0577. The SMILES string of the molecule is Cc1nc(C)c(C(=O)N2CCC(C)CC2CN)s1.Cl.Cl. The van der Waals surface area contributed by atoms with Crippen LogP contribution in [-0.2, 0) is 0 Å². The van der Waals surface area contributed by atoms with E-state index in [1.54, 1.807) is 0 Å². The summed E-state index contributed by atoms with van der Waals surface area (Å²) in [5.74, 6) is 0.771. The third-order valence-corrected chi connectivity index (χ3v) is 4.67. The van der Waals surface area contributed by atoms with Crippen LogP contribution in [0, 0.1) is 19.8 Å². The molecule has 1 aliphatic heterocycles. The van der Waals surface area contributed by atoms with Crippen LogP contribution in [0.5, 0.6) is 0 Å². The van der Waals surface area contributed by atoms with Crippen molar-refractivity contribution in [3.8, 4) is 0 Å². The number of hydrogen-bond acceptors (Lipinski definition) is 4. The zero-order chi connectivity index (χ0) is 13.3. The van der Waals surface area contributed by atoms with Gasteiger partial charge in [-0.25, -0.2) is 4.98 Å². The number of aromatic nitrogens is 1. The van der Waals surface area contributed by atoms with E-state index in [0.717, 1.165) is 35.0 Å². The average Bonchev–Trinajstić information content (AvgIpc) is 2.67. The van der Waals surface area contributed by atoms with Gasteiger partial charge in [0.2, 0.25) is 0 Å². The number of rotatable bonds is 2. The zero-order valence-corrected chi connectivity index (χ0v) is 14.5. The molecule has 7 heteroatoms. The summed E-state index contributed by atoms with van der Waals surface area (Å²) in [4.78, 5) is 19.6. The normalized spacial score (nSPS) is 21.9. The molecule has 0 aliphatic carbocycles. The summed E-state index contributed by atoms with van der Waals surface area (Å²) >= 11 is 1.49. The molecule has 0 radical (unpaired) electrons. The fourth-order valence-corrected chi connectivity index (χ4v) is 3.48. The van der Waals surface area contributed by atoms with Gasteiger partial charge in [0.1, 0.15) is 4.88 Å². The van der Waals surface area contributed by atoms with E-state index < -0.39 is 0 Å².